The normalized spacial score (nSPS) is 26.3. The van der Waals surface area contributed by atoms with E-state index in [2.05, 4.69) is 5.32 Å². The summed E-state index contributed by atoms with van der Waals surface area (Å²) in [5, 5.41) is 12.0. The molecule has 1 atom stereocenters. The first-order valence-electron chi connectivity index (χ1n) is 6.63. The number of nitrogens with zero attached hydrogens (tertiary/aromatic N) is 1. The minimum absolute atomic E-state index is 0.00124. The standard InChI is InChI=1S/C12H22N2O3S/c15-6-7-17-10-1-4-14(5-2-10)12(16)11-9-18-8-3-13-11/h10-11,13,15H,1-9H2. The predicted molar refractivity (Wildman–Crippen MR) is 71.8 cm³/mol. The van der Waals surface area contributed by atoms with Crippen molar-refractivity contribution >= 4 is 17.7 Å². The van der Waals surface area contributed by atoms with E-state index in [1.54, 1.807) is 0 Å². The number of thioether (sulfide) groups is 1. The van der Waals surface area contributed by atoms with Gasteiger partial charge in [-0.05, 0) is 12.8 Å². The second kappa shape index (κ2) is 7.33. The Hall–Kier alpha value is -0.300. The average Bonchev–Trinajstić information content (AvgIpc) is 2.46. The van der Waals surface area contributed by atoms with Gasteiger partial charge in [-0.1, -0.05) is 0 Å². The van der Waals surface area contributed by atoms with Crippen molar-refractivity contribution in [3.8, 4) is 0 Å². The van der Waals surface area contributed by atoms with E-state index < -0.39 is 0 Å². The second-order valence-electron chi connectivity index (χ2n) is 4.70. The first kappa shape index (κ1) is 14.1. The third-order valence-corrected chi connectivity index (χ3v) is 4.48. The highest BCUT2D eigenvalue weighted by Gasteiger charge is 2.29. The van der Waals surface area contributed by atoms with Crippen molar-refractivity contribution in [2.75, 3.05) is 44.4 Å². The number of carbonyl (C=O) groups excluding carboxylic acids is 1. The van der Waals surface area contributed by atoms with Crippen LogP contribution in [0, 0.1) is 0 Å². The summed E-state index contributed by atoms with van der Waals surface area (Å²) in [7, 11) is 0. The Kier molecular flexibility index (Phi) is 5.75. The highest BCUT2D eigenvalue weighted by Crippen LogP contribution is 2.16. The summed E-state index contributed by atoms with van der Waals surface area (Å²) in [5.74, 6) is 2.23. The molecule has 1 unspecified atom stereocenters. The maximum atomic E-state index is 12.2. The zero-order chi connectivity index (χ0) is 12.8. The van der Waals surface area contributed by atoms with Crippen molar-refractivity contribution in [3.63, 3.8) is 0 Å². The van der Waals surface area contributed by atoms with E-state index in [1.807, 2.05) is 16.7 Å². The number of aliphatic hydroxyl groups is 1. The minimum Gasteiger partial charge on any atom is -0.394 e. The Morgan fingerprint density at radius 1 is 1.44 bits per heavy atom. The summed E-state index contributed by atoms with van der Waals surface area (Å²) in [6, 6.07) is -0.00124. The molecule has 0 saturated carbocycles. The molecule has 2 aliphatic rings. The molecule has 2 rings (SSSR count). The maximum Gasteiger partial charge on any atom is 0.240 e. The molecule has 1 amide bonds. The number of likely N-dealkylation sites (tertiary alicyclic amines) is 1. The lowest BCUT2D eigenvalue weighted by molar-refractivity contribution is -0.135. The van der Waals surface area contributed by atoms with E-state index in [9.17, 15) is 4.79 Å². The van der Waals surface area contributed by atoms with Crippen LogP contribution >= 0.6 is 11.8 Å². The third kappa shape index (κ3) is 3.85. The van der Waals surface area contributed by atoms with Crippen LogP contribution in [0.1, 0.15) is 12.8 Å². The van der Waals surface area contributed by atoms with Gasteiger partial charge in [0.25, 0.3) is 0 Å². The van der Waals surface area contributed by atoms with Crippen LogP contribution in [-0.2, 0) is 9.53 Å². The number of hydrogen-bond donors (Lipinski definition) is 2. The Balaban J connectivity index is 1.73. The number of piperidine rings is 1. The van der Waals surface area contributed by atoms with Gasteiger partial charge >= 0.3 is 0 Å². The van der Waals surface area contributed by atoms with Crippen molar-refractivity contribution < 1.29 is 14.6 Å². The number of amides is 1. The van der Waals surface area contributed by atoms with Gasteiger partial charge in [0.2, 0.25) is 5.91 Å². The highest BCUT2D eigenvalue weighted by molar-refractivity contribution is 7.99. The topological polar surface area (TPSA) is 61.8 Å². The van der Waals surface area contributed by atoms with Crippen molar-refractivity contribution in [1.29, 1.82) is 0 Å². The molecule has 2 N–H and O–H groups in total. The van der Waals surface area contributed by atoms with Crippen LogP contribution in [0.2, 0.25) is 0 Å². The van der Waals surface area contributed by atoms with Crippen LogP contribution in [0.4, 0.5) is 0 Å². The van der Waals surface area contributed by atoms with Crippen molar-refractivity contribution in [2.45, 2.75) is 25.0 Å². The van der Waals surface area contributed by atoms with E-state index in [4.69, 9.17) is 9.84 Å². The Morgan fingerprint density at radius 3 is 2.83 bits per heavy atom. The molecule has 2 fully saturated rings. The van der Waals surface area contributed by atoms with Gasteiger partial charge in [0.15, 0.2) is 0 Å². The van der Waals surface area contributed by atoms with Crippen molar-refractivity contribution in [2.24, 2.45) is 0 Å². The summed E-state index contributed by atoms with van der Waals surface area (Å²) in [6.07, 6.45) is 1.96. The van der Waals surface area contributed by atoms with Gasteiger partial charge in [-0.15, -0.1) is 0 Å². The Bertz CT molecular complexity index is 264. The molecule has 0 aromatic heterocycles. The second-order valence-corrected chi connectivity index (χ2v) is 5.85. The van der Waals surface area contributed by atoms with Crippen LogP contribution in [0.3, 0.4) is 0 Å². The summed E-state index contributed by atoms with van der Waals surface area (Å²) < 4.78 is 5.50. The van der Waals surface area contributed by atoms with Gasteiger partial charge in [0, 0.05) is 31.1 Å². The average molecular weight is 274 g/mol. The first-order valence-corrected chi connectivity index (χ1v) is 7.79. The van der Waals surface area contributed by atoms with E-state index in [0.717, 1.165) is 44.0 Å². The summed E-state index contributed by atoms with van der Waals surface area (Å²) in [4.78, 5) is 14.2. The molecule has 0 aromatic rings. The lowest BCUT2D eigenvalue weighted by atomic mass is 10.1. The number of carbonyl (C=O) groups is 1. The van der Waals surface area contributed by atoms with Crippen LogP contribution in [0.5, 0.6) is 0 Å². The molecular weight excluding hydrogens is 252 g/mol. The Labute approximate surface area is 112 Å². The highest BCUT2D eigenvalue weighted by atomic mass is 32.2. The predicted octanol–water partition coefficient (Wildman–Crippen LogP) is -0.309. The summed E-state index contributed by atoms with van der Waals surface area (Å²) in [5.41, 5.74) is 0. The van der Waals surface area contributed by atoms with Gasteiger partial charge in [-0.25, -0.2) is 0 Å². The van der Waals surface area contributed by atoms with Gasteiger partial charge in [-0.2, -0.15) is 11.8 Å². The quantitative estimate of drug-likeness (QED) is 0.736. The monoisotopic (exact) mass is 274 g/mol. The molecule has 0 bridgehead atoms. The molecule has 6 heteroatoms. The van der Waals surface area contributed by atoms with E-state index in [-0.39, 0.29) is 24.7 Å². The number of aliphatic hydroxyl groups excluding tert-OH is 1. The molecule has 0 aliphatic carbocycles. The summed E-state index contributed by atoms with van der Waals surface area (Å²) >= 11 is 1.84. The molecule has 0 spiro atoms. The Morgan fingerprint density at radius 2 is 2.22 bits per heavy atom. The van der Waals surface area contributed by atoms with Gasteiger partial charge in [-0.3, -0.25) is 4.79 Å². The fourth-order valence-corrected chi connectivity index (χ4v) is 3.33. The third-order valence-electron chi connectivity index (χ3n) is 3.42. The smallest absolute Gasteiger partial charge is 0.240 e. The largest absolute Gasteiger partial charge is 0.394 e. The van der Waals surface area contributed by atoms with E-state index >= 15 is 0 Å². The molecular formula is C12H22N2O3S. The van der Waals surface area contributed by atoms with Gasteiger partial charge in [0.05, 0.1) is 25.4 Å². The molecule has 0 aromatic carbocycles. The number of rotatable bonds is 4. The van der Waals surface area contributed by atoms with Crippen LogP contribution in [0.15, 0.2) is 0 Å². The molecule has 104 valence electrons. The lowest BCUT2D eigenvalue weighted by Crippen LogP contribution is -2.53. The minimum atomic E-state index is -0.00124. The maximum absolute atomic E-state index is 12.2. The van der Waals surface area contributed by atoms with Crippen LogP contribution < -0.4 is 5.32 Å². The van der Waals surface area contributed by atoms with Gasteiger partial charge in [0.1, 0.15) is 0 Å². The fraction of sp³-hybridized carbons (Fsp3) is 0.917. The lowest BCUT2D eigenvalue weighted by Gasteiger charge is -2.35. The number of hydrogen-bond acceptors (Lipinski definition) is 5. The molecule has 2 saturated heterocycles. The summed E-state index contributed by atoms with van der Waals surface area (Å²) in [6.45, 7) is 2.95. The van der Waals surface area contributed by atoms with E-state index in [1.165, 1.54) is 0 Å². The molecule has 2 aliphatic heterocycles. The first-order chi connectivity index (χ1) is 8.81. The SMILES string of the molecule is O=C(C1CSCCN1)N1CCC(OCCO)CC1. The molecule has 18 heavy (non-hydrogen) atoms. The molecule has 0 radical (unpaired) electrons. The van der Waals surface area contributed by atoms with Crippen LogP contribution in [0.25, 0.3) is 0 Å². The number of nitrogens with one attached hydrogen (secondary N) is 1. The van der Waals surface area contributed by atoms with Crippen molar-refractivity contribution in [3.05, 3.63) is 0 Å². The van der Waals surface area contributed by atoms with Crippen LogP contribution in [-0.4, -0.2) is 72.4 Å². The molecule has 5 nitrogen and oxygen atoms in total. The zero-order valence-corrected chi connectivity index (χ0v) is 11.5. The zero-order valence-electron chi connectivity index (χ0n) is 10.6. The fourth-order valence-electron chi connectivity index (χ4n) is 2.41. The molecule has 2 heterocycles. The van der Waals surface area contributed by atoms with Crippen molar-refractivity contribution in [1.82, 2.24) is 10.2 Å². The van der Waals surface area contributed by atoms with Gasteiger partial charge < -0.3 is 20.1 Å². The number of ether oxygens (including phenoxy) is 1. The van der Waals surface area contributed by atoms with E-state index in [0.29, 0.717) is 6.61 Å².